The third-order valence-electron chi connectivity index (χ3n) is 10.8. The summed E-state index contributed by atoms with van der Waals surface area (Å²) in [4.78, 5) is 10.6. The SMILES string of the molecule is c1ccc2cc(-c3nc(-c4cccc5oc6ccc(-n7c8ccccc8c8ccc9ccccc9c87)cc6c45)nc4c3oc3ccccc34)ccc2c1. The van der Waals surface area contributed by atoms with Gasteiger partial charge in [0.05, 0.1) is 11.0 Å². The van der Waals surface area contributed by atoms with Gasteiger partial charge in [-0.15, -0.1) is 0 Å². The minimum absolute atomic E-state index is 0.619. The summed E-state index contributed by atoms with van der Waals surface area (Å²) in [5, 5.41) is 10.1. The molecule has 246 valence electrons. The highest BCUT2D eigenvalue weighted by Crippen LogP contribution is 2.42. The van der Waals surface area contributed by atoms with Gasteiger partial charge in [0.2, 0.25) is 0 Å². The summed E-state index contributed by atoms with van der Waals surface area (Å²) in [7, 11) is 0. The average Bonchev–Trinajstić information content (AvgIpc) is 3.90. The number of aromatic nitrogens is 3. The third kappa shape index (κ3) is 4.07. The van der Waals surface area contributed by atoms with Crippen LogP contribution >= 0.6 is 0 Å². The van der Waals surface area contributed by atoms with Crippen LogP contribution in [0.25, 0.3) is 116 Å². The van der Waals surface area contributed by atoms with Crippen molar-refractivity contribution in [3.63, 3.8) is 0 Å². The van der Waals surface area contributed by atoms with Gasteiger partial charge in [-0.25, -0.2) is 9.97 Å². The van der Waals surface area contributed by atoms with Gasteiger partial charge in [-0.3, -0.25) is 0 Å². The van der Waals surface area contributed by atoms with Gasteiger partial charge in [-0.05, 0) is 64.7 Å². The topological polar surface area (TPSA) is 57.0 Å². The highest BCUT2D eigenvalue weighted by molar-refractivity contribution is 6.19. The van der Waals surface area contributed by atoms with Gasteiger partial charge in [-0.2, -0.15) is 0 Å². The molecule has 0 amide bonds. The molecule has 12 aromatic rings. The van der Waals surface area contributed by atoms with E-state index in [9.17, 15) is 0 Å². The van der Waals surface area contributed by atoms with Crippen LogP contribution in [-0.2, 0) is 0 Å². The maximum absolute atomic E-state index is 6.55. The van der Waals surface area contributed by atoms with Crippen molar-refractivity contribution in [1.82, 2.24) is 14.5 Å². The zero-order valence-electron chi connectivity index (χ0n) is 28.2. The van der Waals surface area contributed by atoms with E-state index in [-0.39, 0.29) is 0 Å². The summed E-state index contributed by atoms with van der Waals surface area (Å²) < 4.78 is 15.4. The average molecular weight is 678 g/mol. The molecule has 0 fully saturated rings. The molecule has 0 N–H and O–H groups in total. The van der Waals surface area contributed by atoms with Crippen LogP contribution in [0.4, 0.5) is 0 Å². The maximum atomic E-state index is 6.55. The van der Waals surface area contributed by atoms with Crippen LogP contribution in [-0.4, -0.2) is 14.5 Å². The summed E-state index contributed by atoms with van der Waals surface area (Å²) in [6.07, 6.45) is 0. The van der Waals surface area contributed by atoms with Crippen LogP contribution in [0.3, 0.4) is 0 Å². The molecular weight excluding hydrogens is 651 g/mol. The lowest BCUT2D eigenvalue weighted by molar-refractivity contribution is 0.667. The lowest BCUT2D eigenvalue weighted by Crippen LogP contribution is -1.95. The quantitative estimate of drug-likeness (QED) is 0.187. The predicted octanol–water partition coefficient (Wildman–Crippen LogP) is 13.0. The van der Waals surface area contributed by atoms with Gasteiger partial charge in [0, 0.05) is 49.1 Å². The molecule has 4 heterocycles. The van der Waals surface area contributed by atoms with E-state index in [1.807, 2.05) is 30.3 Å². The van der Waals surface area contributed by atoms with E-state index in [0.29, 0.717) is 11.4 Å². The molecule has 8 aromatic carbocycles. The Morgan fingerprint density at radius 3 is 2.11 bits per heavy atom. The first-order valence-corrected chi connectivity index (χ1v) is 17.8. The molecule has 0 aliphatic heterocycles. The van der Waals surface area contributed by atoms with Crippen LogP contribution in [0.5, 0.6) is 0 Å². The largest absolute Gasteiger partial charge is 0.456 e. The van der Waals surface area contributed by atoms with E-state index >= 15 is 0 Å². The lowest BCUT2D eigenvalue weighted by Gasteiger charge is -2.11. The second-order valence-electron chi connectivity index (χ2n) is 13.7. The van der Waals surface area contributed by atoms with Crippen molar-refractivity contribution in [2.24, 2.45) is 0 Å². The fourth-order valence-electron chi connectivity index (χ4n) is 8.38. The van der Waals surface area contributed by atoms with Crippen LogP contribution in [0.1, 0.15) is 0 Å². The predicted molar refractivity (Wildman–Crippen MR) is 217 cm³/mol. The molecule has 5 heteroatoms. The molecule has 0 aliphatic carbocycles. The molecule has 0 spiro atoms. The lowest BCUT2D eigenvalue weighted by atomic mass is 10.0. The molecule has 0 radical (unpaired) electrons. The smallest absolute Gasteiger partial charge is 0.180 e. The molecule has 0 unspecified atom stereocenters. The van der Waals surface area contributed by atoms with Crippen molar-refractivity contribution in [2.75, 3.05) is 0 Å². The van der Waals surface area contributed by atoms with Crippen molar-refractivity contribution in [3.8, 4) is 28.3 Å². The number of rotatable bonds is 3. The first-order valence-electron chi connectivity index (χ1n) is 17.8. The Balaban J connectivity index is 1.15. The van der Waals surface area contributed by atoms with Gasteiger partial charge in [0.15, 0.2) is 11.4 Å². The molecule has 0 bridgehead atoms. The Labute approximate surface area is 302 Å². The molecule has 4 aromatic heterocycles. The molecular formula is C48H27N3O2. The van der Waals surface area contributed by atoms with E-state index in [0.717, 1.165) is 71.8 Å². The molecule has 0 saturated carbocycles. The van der Waals surface area contributed by atoms with Gasteiger partial charge in [-0.1, -0.05) is 115 Å². The summed E-state index contributed by atoms with van der Waals surface area (Å²) in [6.45, 7) is 0. The minimum Gasteiger partial charge on any atom is -0.456 e. The van der Waals surface area contributed by atoms with Crippen LogP contribution in [0.2, 0.25) is 0 Å². The second-order valence-corrected chi connectivity index (χ2v) is 13.7. The summed E-state index contributed by atoms with van der Waals surface area (Å²) in [6, 6.07) is 57.3. The van der Waals surface area contributed by atoms with E-state index in [2.05, 4.69) is 138 Å². The Morgan fingerprint density at radius 2 is 1.19 bits per heavy atom. The molecule has 5 nitrogen and oxygen atoms in total. The van der Waals surface area contributed by atoms with E-state index in [1.54, 1.807) is 0 Å². The summed E-state index contributed by atoms with van der Waals surface area (Å²) in [5.74, 6) is 0.619. The number of hydrogen-bond acceptors (Lipinski definition) is 4. The number of furan rings is 2. The first-order chi connectivity index (χ1) is 26.3. The maximum Gasteiger partial charge on any atom is 0.180 e. The van der Waals surface area contributed by atoms with Crippen molar-refractivity contribution in [1.29, 1.82) is 0 Å². The molecule has 12 rings (SSSR count). The molecule has 0 atom stereocenters. The highest BCUT2D eigenvalue weighted by atomic mass is 16.3. The number of hydrogen-bond donors (Lipinski definition) is 0. The summed E-state index contributed by atoms with van der Waals surface area (Å²) in [5.41, 5.74) is 9.90. The van der Waals surface area contributed by atoms with E-state index in [4.69, 9.17) is 18.8 Å². The summed E-state index contributed by atoms with van der Waals surface area (Å²) >= 11 is 0. The Bertz CT molecular complexity index is 3480. The number of nitrogens with zero attached hydrogens (tertiary/aromatic N) is 3. The van der Waals surface area contributed by atoms with E-state index in [1.165, 1.54) is 32.4 Å². The van der Waals surface area contributed by atoms with Crippen LogP contribution in [0, 0.1) is 0 Å². The fraction of sp³-hybridized carbons (Fsp3) is 0. The van der Waals surface area contributed by atoms with Crippen molar-refractivity contribution < 1.29 is 8.83 Å². The number of benzene rings is 8. The Hall–Kier alpha value is -7.24. The molecule has 0 aliphatic rings. The van der Waals surface area contributed by atoms with Crippen molar-refractivity contribution in [2.45, 2.75) is 0 Å². The highest BCUT2D eigenvalue weighted by Gasteiger charge is 2.22. The Morgan fingerprint density at radius 1 is 0.453 bits per heavy atom. The molecule has 53 heavy (non-hydrogen) atoms. The van der Waals surface area contributed by atoms with Gasteiger partial charge >= 0.3 is 0 Å². The fourth-order valence-corrected chi connectivity index (χ4v) is 8.38. The third-order valence-corrected chi connectivity index (χ3v) is 10.8. The van der Waals surface area contributed by atoms with E-state index < -0.39 is 0 Å². The van der Waals surface area contributed by atoms with Crippen molar-refractivity contribution >= 4 is 87.4 Å². The first kappa shape index (κ1) is 28.5. The van der Waals surface area contributed by atoms with Crippen LogP contribution in [0.15, 0.2) is 173 Å². The van der Waals surface area contributed by atoms with Gasteiger partial charge < -0.3 is 13.4 Å². The van der Waals surface area contributed by atoms with Gasteiger partial charge in [0.1, 0.15) is 28.0 Å². The standard InChI is InChI=1S/C48H27N3O2/c1-2-12-30-26-31(21-20-28(30)10-1)44-47-45(36-15-6-8-18-40(36)53-47)50-48(49-44)37-16-9-19-42-43(37)38-27-32(23-25-41(38)52-42)51-39-17-7-5-14-34(39)35-24-22-29-11-3-4-13-33(29)46(35)51/h1-27H. The number of para-hydroxylation sites is 2. The minimum atomic E-state index is 0.619. The van der Waals surface area contributed by atoms with Gasteiger partial charge in [0.25, 0.3) is 0 Å². The molecule has 0 saturated heterocycles. The van der Waals surface area contributed by atoms with Crippen LogP contribution < -0.4 is 0 Å². The monoisotopic (exact) mass is 677 g/mol. The van der Waals surface area contributed by atoms with Crippen molar-refractivity contribution in [3.05, 3.63) is 164 Å². The zero-order chi connectivity index (χ0) is 34.6. The zero-order valence-corrected chi connectivity index (χ0v) is 28.2. The second kappa shape index (κ2) is 10.6. The number of fused-ring (bicyclic) bond motifs is 12. The normalized spacial score (nSPS) is 12.2. The Kier molecular flexibility index (Phi) is 5.71.